The van der Waals surface area contributed by atoms with Gasteiger partial charge in [0.25, 0.3) is 5.91 Å². The number of amides is 3. The van der Waals surface area contributed by atoms with Crippen molar-refractivity contribution in [2.24, 2.45) is 0 Å². The molecule has 0 spiro atoms. The number of rotatable bonds is 4. The number of hydrogen-bond acceptors (Lipinski definition) is 4. The molecule has 0 saturated heterocycles. The molecule has 0 aliphatic heterocycles. The number of benzene rings is 2. The Bertz CT molecular complexity index is 991. The first kappa shape index (κ1) is 18.8. The highest BCUT2D eigenvalue weighted by atomic mass is 35.5. The summed E-state index contributed by atoms with van der Waals surface area (Å²) in [6, 6.07) is 9.97. The van der Waals surface area contributed by atoms with E-state index in [9.17, 15) is 14.0 Å². The molecule has 27 heavy (non-hydrogen) atoms. The van der Waals surface area contributed by atoms with Crippen LogP contribution in [0.5, 0.6) is 0 Å². The lowest BCUT2D eigenvalue weighted by Crippen LogP contribution is -2.19. The van der Waals surface area contributed by atoms with Crippen LogP contribution < -0.4 is 16.0 Å². The fourth-order valence-electron chi connectivity index (χ4n) is 2.09. The van der Waals surface area contributed by atoms with Crippen molar-refractivity contribution >= 4 is 51.4 Å². The molecule has 0 aliphatic carbocycles. The van der Waals surface area contributed by atoms with Gasteiger partial charge >= 0.3 is 6.03 Å². The highest BCUT2D eigenvalue weighted by Crippen LogP contribution is 2.21. The summed E-state index contributed by atoms with van der Waals surface area (Å²) >= 11 is 7.15. The van der Waals surface area contributed by atoms with Crippen LogP contribution in [0.15, 0.2) is 47.8 Å². The molecule has 0 saturated carbocycles. The third-order valence-electron chi connectivity index (χ3n) is 3.49. The number of carbonyl (C=O) groups is 2. The third kappa shape index (κ3) is 5.02. The van der Waals surface area contributed by atoms with E-state index in [1.165, 1.54) is 29.6 Å². The molecule has 3 aromatic rings. The number of halogens is 2. The summed E-state index contributed by atoms with van der Waals surface area (Å²) in [7, 11) is 0. The van der Waals surface area contributed by atoms with Gasteiger partial charge in [0.1, 0.15) is 11.5 Å². The van der Waals surface area contributed by atoms with Crippen molar-refractivity contribution < 1.29 is 14.0 Å². The molecule has 6 nitrogen and oxygen atoms in total. The van der Waals surface area contributed by atoms with Gasteiger partial charge in [-0.2, -0.15) is 0 Å². The average Bonchev–Trinajstić information content (AvgIpc) is 3.08. The quantitative estimate of drug-likeness (QED) is 0.563. The van der Waals surface area contributed by atoms with Gasteiger partial charge < -0.3 is 10.6 Å². The molecule has 1 heterocycles. The predicted octanol–water partition coefficient (Wildman–Crippen LogP) is 5.14. The molecule has 3 N–H and O–H groups in total. The summed E-state index contributed by atoms with van der Waals surface area (Å²) in [6.45, 7) is 1.86. The maximum Gasteiger partial charge on any atom is 0.325 e. The van der Waals surface area contributed by atoms with Gasteiger partial charge in [-0.05, 0) is 48.9 Å². The minimum atomic E-state index is -0.548. The lowest BCUT2D eigenvalue weighted by Gasteiger charge is -2.06. The summed E-state index contributed by atoms with van der Waals surface area (Å²) in [5.41, 5.74) is 2.04. The van der Waals surface area contributed by atoms with Gasteiger partial charge in [-0.1, -0.05) is 17.7 Å². The first-order chi connectivity index (χ1) is 12.9. The zero-order chi connectivity index (χ0) is 19.4. The molecular formula is C18H14ClFN4O2S. The van der Waals surface area contributed by atoms with Crippen LogP contribution in [0.25, 0.3) is 0 Å². The van der Waals surface area contributed by atoms with E-state index >= 15 is 0 Å². The van der Waals surface area contributed by atoms with Gasteiger partial charge in [0.15, 0.2) is 5.13 Å². The smallest absolute Gasteiger partial charge is 0.321 e. The van der Waals surface area contributed by atoms with Crippen LogP contribution in [0.4, 0.5) is 25.7 Å². The van der Waals surface area contributed by atoms with Gasteiger partial charge in [-0.3, -0.25) is 10.1 Å². The molecule has 0 aliphatic rings. The number of carbonyl (C=O) groups excluding carboxylic acids is 2. The van der Waals surface area contributed by atoms with Crippen LogP contribution in [0, 0.1) is 12.7 Å². The highest BCUT2D eigenvalue weighted by Gasteiger charge is 2.13. The number of aromatic nitrogens is 1. The van der Waals surface area contributed by atoms with Gasteiger partial charge in [-0.15, -0.1) is 11.3 Å². The molecule has 0 radical (unpaired) electrons. The number of hydrogen-bond donors (Lipinski definition) is 3. The van der Waals surface area contributed by atoms with Crippen LogP contribution >= 0.6 is 22.9 Å². The molecular weight excluding hydrogens is 391 g/mol. The number of thiazole rings is 1. The van der Waals surface area contributed by atoms with E-state index in [1.807, 2.05) is 6.92 Å². The minimum Gasteiger partial charge on any atom is -0.321 e. The first-order valence-corrected chi connectivity index (χ1v) is 9.03. The number of aryl methyl sites for hydroxylation is 1. The van der Waals surface area contributed by atoms with Crippen molar-refractivity contribution in [3.05, 3.63) is 69.9 Å². The zero-order valence-electron chi connectivity index (χ0n) is 14.0. The lowest BCUT2D eigenvalue weighted by atomic mass is 10.2. The lowest BCUT2D eigenvalue weighted by molar-refractivity contribution is 0.102. The normalized spacial score (nSPS) is 10.3. The standard InChI is InChI=1S/C18H14ClFN4O2S/c1-10-2-5-13(8-14(10)19)21-16(25)15-9-27-18(23-15)24-17(26)22-12-6-3-11(20)4-7-12/h2-9H,1H3,(H,21,25)(H2,22,23,24,26). The molecule has 0 fully saturated rings. The third-order valence-corrected chi connectivity index (χ3v) is 4.65. The molecule has 9 heteroatoms. The van der Waals surface area contributed by atoms with Crippen LogP contribution in [0.2, 0.25) is 5.02 Å². The van der Waals surface area contributed by atoms with Crippen molar-refractivity contribution in [1.82, 2.24) is 4.98 Å². The molecule has 3 rings (SSSR count). The van der Waals surface area contributed by atoms with Crippen molar-refractivity contribution in [3.63, 3.8) is 0 Å². The van der Waals surface area contributed by atoms with Gasteiger partial charge in [0.2, 0.25) is 0 Å². The molecule has 2 aromatic carbocycles. The number of nitrogens with zero attached hydrogens (tertiary/aromatic N) is 1. The van der Waals surface area contributed by atoms with Crippen LogP contribution in [0.1, 0.15) is 16.1 Å². The first-order valence-electron chi connectivity index (χ1n) is 7.77. The van der Waals surface area contributed by atoms with Gasteiger partial charge in [0.05, 0.1) is 0 Å². The molecule has 3 amide bonds. The molecule has 0 atom stereocenters. The van der Waals surface area contributed by atoms with E-state index in [2.05, 4.69) is 20.9 Å². The van der Waals surface area contributed by atoms with Crippen molar-refractivity contribution in [1.29, 1.82) is 0 Å². The van der Waals surface area contributed by atoms with Crippen LogP contribution in [0.3, 0.4) is 0 Å². The molecule has 138 valence electrons. The van der Waals surface area contributed by atoms with E-state index in [4.69, 9.17) is 11.6 Å². The zero-order valence-corrected chi connectivity index (χ0v) is 15.6. The minimum absolute atomic E-state index is 0.161. The predicted molar refractivity (Wildman–Crippen MR) is 105 cm³/mol. The summed E-state index contributed by atoms with van der Waals surface area (Å²) in [4.78, 5) is 28.3. The van der Waals surface area contributed by atoms with E-state index in [0.29, 0.717) is 16.4 Å². The second-order valence-electron chi connectivity index (χ2n) is 5.54. The van der Waals surface area contributed by atoms with Crippen LogP contribution in [-0.2, 0) is 0 Å². The van der Waals surface area contributed by atoms with Crippen molar-refractivity contribution in [2.45, 2.75) is 6.92 Å². The van der Waals surface area contributed by atoms with Crippen molar-refractivity contribution in [3.8, 4) is 0 Å². The van der Waals surface area contributed by atoms with Gasteiger partial charge in [0, 0.05) is 21.8 Å². The second kappa shape index (κ2) is 8.15. The summed E-state index contributed by atoms with van der Waals surface area (Å²) in [5, 5.41) is 10.1. The van der Waals surface area contributed by atoms with E-state index in [-0.39, 0.29) is 10.8 Å². The van der Waals surface area contributed by atoms with E-state index in [1.54, 1.807) is 18.2 Å². The monoisotopic (exact) mass is 404 g/mol. The van der Waals surface area contributed by atoms with Gasteiger partial charge in [-0.25, -0.2) is 14.2 Å². The molecule has 1 aromatic heterocycles. The van der Waals surface area contributed by atoms with E-state index < -0.39 is 17.8 Å². The largest absolute Gasteiger partial charge is 0.325 e. The second-order valence-corrected chi connectivity index (χ2v) is 6.81. The maximum absolute atomic E-state index is 12.9. The number of urea groups is 1. The Morgan fingerprint density at radius 2 is 1.74 bits per heavy atom. The SMILES string of the molecule is Cc1ccc(NC(=O)c2csc(NC(=O)Nc3ccc(F)cc3)n2)cc1Cl. The Morgan fingerprint density at radius 3 is 2.44 bits per heavy atom. The average molecular weight is 405 g/mol. The summed E-state index contributed by atoms with van der Waals surface area (Å²) in [5.74, 6) is -0.815. The Kier molecular flexibility index (Phi) is 5.68. The Hall–Kier alpha value is -2.97. The fraction of sp³-hybridized carbons (Fsp3) is 0.0556. The molecule has 0 unspecified atom stereocenters. The Balaban J connectivity index is 1.60. The summed E-state index contributed by atoms with van der Waals surface area (Å²) in [6.07, 6.45) is 0. The van der Waals surface area contributed by atoms with E-state index in [0.717, 1.165) is 16.9 Å². The topological polar surface area (TPSA) is 83.1 Å². The van der Waals surface area contributed by atoms with Crippen LogP contribution in [-0.4, -0.2) is 16.9 Å². The Morgan fingerprint density at radius 1 is 1.04 bits per heavy atom. The van der Waals surface area contributed by atoms with Crippen molar-refractivity contribution in [2.75, 3.05) is 16.0 Å². The number of anilines is 3. The number of nitrogens with one attached hydrogen (secondary N) is 3. The maximum atomic E-state index is 12.9. The fourth-order valence-corrected chi connectivity index (χ4v) is 2.96. The molecule has 0 bridgehead atoms. The highest BCUT2D eigenvalue weighted by molar-refractivity contribution is 7.14. The summed E-state index contributed by atoms with van der Waals surface area (Å²) < 4.78 is 12.9. The Labute approximate surface area is 163 Å².